The molecule has 1 aromatic carbocycles. The number of carbonyl (C=O) groups is 2. The molecule has 1 aromatic rings. The number of likely N-dealkylation sites (N-methyl/N-ethyl adjacent to an activating group) is 1. The smallest absolute Gasteiger partial charge is 0.315 e. The monoisotopic (exact) mass is 530 g/mol. The zero-order chi connectivity index (χ0) is 26.2. The Kier molecular flexibility index (Phi) is 7.59. The summed E-state index contributed by atoms with van der Waals surface area (Å²) in [6.07, 6.45) is 6.22. The number of carboxylic acids is 1. The van der Waals surface area contributed by atoms with Crippen molar-refractivity contribution in [3.05, 3.63) is 47.5 Å². The second kappa shape index (κ2) is 10.1. The molecule has 4 aliphatic carbocycles. The molecule has 6 nitrogen and oxygen atoms in total. The number of rotatable bonds is 7. The molecule has 201 valence electrons. The maximum absolute atomic E-state index is 13.6. The van der Waals surface area contributed by atoms with Crippen molar-refractivity contribution in [3.63, 3.8) is 0 Å². The minimum atomic E-state index is -1.20. The number of fused-ring (bicyclic) bond motifs is 2. The Morgan fingerprint density at radius 2 is 1.95 bits per heavy atom. The Balaban J connectivity index is 0.00000294. The van der Waals surface area contributed by atoms with Gasteiger partial charge in [-0.15, -0.1) is 0 Å². The van der Waals surface area contributed by atoms with E-state index in [2.05, 4.69) is 50.9 Å². The van der Waals surface area contributed by atoms with Crippen LogP contribution in [-0.2, 0) is 19.1 Å². The molecule has 4 fully saturated rings. The van der Waals surface area contributed by atoms with Crippen molar-refractivity contribution in [1.29, 1.82) is 0 Å². The van der Waals surface area contributed by atoms with Crippen molar-refractivity contribution < 1.29 is 24.2 Å². The number of morpholine rings is 1. The van der Waals surface area contributed by atoms with Gasteiger partial charge in [0.2, 0.25) is 0 Å². The summed E-state index contributed by atoms with van der Waals surface area (Å²) in [5, 5.41) is 11.1. The molecule has 4 bridgehead atoms. The van der Waals surface area contributed by atoms with Crippen LogP contribution in [0.4, 0.5) is 0 Å². The third-order valence-corrected chi connectivity index (χ3v) is 11.1. The summed E-state index contributed by atoms with van der Waals surface area (Å²) in [7, 11) is 2.08. The van der Waals surface area contributed by atoms with Crippen LogP contribution >= 0.6 is 0 Å². The SMILES string of the molecule is CC(C)C1=CC2CC3(C=O)C4CCC(C)C4CC2(CO[C@H]2CN(C)CC(c4ccccc4)O2)C13C(=O)O.[Na]. The van der Waals surface area contributed by atoms with Gasteiger partial charge in [-0.2, -0.15) is 0 Å². The van der Waals surface area contributed by atoms with Crippen LogP contribution in [0.15, 0.2) is 42.0 Å². The summed E-state index contributed by atoms with van der Waals surface area (Å²) in [5.74, 6) is 0.263. The van der Waals surface area contributed by atoms with Gasteiger partial charge in [0, 0.05) is 48.1 Å². The molecule has 1 N–H and O–H groups in total. The second-order valence-electron chi connectivity index (χ2n) is 13.0. The summed E-state index contributed by atoms with van der Waals surface area (Å²) < 4.78 is 13.1. The average Bonchev–Trinajstić information content (AvgIpc) is 3.45. The Bertz CT molecular complexity index is 1110. The number of nitrogens with zero attached hydrogens (tertiary/aromatic N) is 1. The van der Waals surface area contributed by atoms with Gasteiger partial charge in [-0.25, -0.2) is 0 Å². The molecule has 38 heavy (non-hydrogen) atoms. The molecule has 0 aromatic heterocycles. The van der Waals surface area contributed by atoms with Crippen molar-refractivity contribution in [1.82, 2.24) is 4.90 Å². The molecule has 0 spiro atoms. The van der Waals surface area contributed by atoms with E-state index in [0.717, 1.165) is 43.2 Å². The van der Waals surface area contributed by atoms with E-state index in [4.69, 9.17) is 9.47 Å². The summed E-state index contributed by atoms with van der Waals surface area (Å²) in [6.45, 7) is 8.18. The first kappa shape index (κ1) is 28.5. The number of hydrogen-bond acceptors (Lipinski definition) is 5. The minimum absolute atomic E-state index is 0. The van der Waals surface area contributed by atoms with Gasteiger partial charge in [0.15, 0.2) is 6.29 Å². The first-order chi connectivity index (χ1) is 17.7. The van der Waals surface area contributed by atoms with E-state index in [1.807, 2.05) is 18.2 Å². The Morgan fingerprint density at radius 1 is 1.21 bits per heavy atom. The Hall–Kier alpha value is -1.02. The average molecular weight is 531 g/mol. The van der Waals surface area contributed by atoms with Crippen LogP contribution in [0.3, 0.4) is 0 Å². The fourth-order valence-corrected chi connectivity index (χ4v) is 9.70. The predicted molar refractivity (Wildman–Crippen MR) is 145 cm³/mol. The molecule has 5 aliphatic rings. The van der Waals surface area contributed by atoms with Crippen molar-refractivity contribution in [2.75, 3.05) is 26.7 Å². The summed E-state index contributed by atoms with van der Waals surface area (Å²) in [6, 6.07) is 10.2. The topological polar surface area (TPSA) is 76.1 Å². The van der Waals surface area contributed by atoms with Crippen LogP contribution in [0, 0.1) is 45.8 Å². The van der Waals surface area contributed by atoms with Gasteiger partial charge in [0.1, 0.15) is 11.7 Å². The van der Waals surface area contributed by atoms with Crippen LogP contribution in [0.2, 0.25) is 0 Å². The van der Waals surface area contributed by atoms with Crippen LogP contribution in [0.5, 0.6) is 0 Å². The van der Waals surface area contributed by atoms with Crippen molar-refractivity contribution in [2.45, 2.75) is 58.8 Å². The number of benzene rings is 1. The van der Waals surface area contributed by atoms with E-state index in [1.165, 1.54) is 0 Å². The van der Waals surface area contributed by atoms with Crippen molar-refractivity contribution in [3.8, 4) is 0 Å². The molecule has 0 amide bonds. The normalized spacial score (nSPS) is 43.4. The number of aldehydes is 1. The molecule has 1 heterocycles. The van der Waals surface area contributed by atoms with Gasteiger partial charge in [-0.05, 0) is 61.5 Å². The van der Waals surface area contributed by atoms with Gasteiger partial charge in [-0.1, -0.05) is 69.2 Å². The molecule has 9 atom stereocenters. The molecule has 7 heteroatoms. The summed E-state index contributed by atoms with van der Waals surface area (Å²) in [5.41, 5.74) is -0.612. The fraction of sp³-hybridized carbons (Fsp3) is 0.677. The van der Waals surface area contributed by atoms with Crippen LogP contribution in [0.25, 0.3) is 0 Å². The molecule has 8 unspecified atom stereocenters. The molecule has 1 saturated heterocycles. The largest absolute Gasteiger partial charge is 0.481 e. The standard InChI is InChI=1S/C31H41NO5.Na/c1-19(2)25-12-22-13-29(17-33)24-11-10-20(3)23(24)14-30(22,31(25,29)28(34)35)18-36-27-16-32(4)15-26(37-27)21-8-6-5-7-9-21;/h5-9,12,17,19-20,22-24,26-27H,10-11,13-16,18H2,1-4H3,(H,34,35);/t20?,22?,23?,24?,26?,27-,29?,30?,31?;/m1./s1. The zero-order valence-electron chi connectivity index (χ0n) is 23.6. The third-order valence-electron chi connectivity index (χ3n) is 11.1. The molecular weight excluding hydrogens is 489 g/mol. The number of hydrogen-bond donors (Lipinski definition) is 1. The number of ether oxygens (including phenoxy) is 2. The molecule has 1 aliphatic heterocycles. The second-order valence-corrected chi connectivity index (χ2v) is 13.0. The first-order valence-corrected chi connectivity index (χ1v) is 14.1. The van der Waals surface area contributed by atoms with Gasteiger partial charge in [0.25, 0.3) is 0 Å². The molecule has 3 saturated carbocycles. The quantitative estimate of drug-likeness (QED) is 0.316. The van der Waals surface area contributed by atoms with Gasteiger partial charge in [-0.3, -0.25) is 9.69 Å². The van der Waals surface area contributed by atoms with E-state index < -0.39 is 28.5 Å². The summed E-state index contributed by atoms with van der Waals surface area (Å²) >= 11 is 0. The first-order valence-electron chi connectivity index (χ1n) is 14.1. The molecule has 1 radical (unpaired) electrons. The fourth-order valence-electron chi connectivity index (χ4n) is 9.70. The van der Waals surface area contributed by atoms with E-state index >= 15 is 0 Å². The van der Waals surface area contributed by atoms with E-state index in [-0.39, 0.29) is 53.4 Å². The number of carbonyl (C=O) groups excluding carboxylic acids is 1. The predicted octanol–water partition coefficient (Wildman–Crippen LogP) is 4.58. The van der Waals surface area contributed by atoms with Gasteiger partial charge < -0.3 is 19.4 Å². The maximum Gasteiger partial charge on any atom is 0.315 e. The number of carboxylic acid groups (broad SMARTS) is 1. The Morgan fingerprint density at radius 3 is 2.61 bits per heavy atom. The molecule has 6 rings (SSSR count). The van der Waals surface area contributed by atoms with Crippen LogP contribution < -0.4 is 0 Å². The van der Waals surface area contributed by atoms with E-state index in [0.29, 0.717) is 31.4 Å². The van der Waals surface area contributed by atoms with Gasteiger partial charge in [0.05, 0.1) is 18.1 Å². The van der Waals surface area contributed by atoms with Crippen molar-refractivity contribution >= 4 is 41.8 Å². The van der Waals surface area contributed by atoms with Gasteiger partial charge >= 0.3 is 5.97 Å². The molecular formula is C31H41NNaO5. The van der Waals surface area contributed by atoms with E-state index in [1.54, 1.807) is 0 Å². The number of aliphatic carboxylic acids is 1. The third kappa shape index (κ3) is 3.66. The van der Waals surface area contributed by atoms with Crippen LogP contribution in [0.1, 0.15) is 58.1 Å². The van der Waals surface area contributed by atoms with Crippen molar-refractivity contribution in [2.24, 2.45) is 45.8 Å². The number of allylic oxidation sites excluding steroid dienone is 1. The Labute approximate surface area is 248 Å². The van der Waals surface area contributed by atoms with Crippen LogP contribution in [-0.4, -0.2) is 84.9 Å². The maximum atomic E-state index is 13.6. The minimum Gasteiger partial charge on any atom is -0.481 e. The zero-order valence-corrected chi connectivity index (χ0v) is 25.6. The summed E-state index contributed by atoms with van der Waals surface area (Å²) in [4.78, 5) is 29.0. The van der Waals surface area contributed by atoms with E-state index in [9.17, 15) is 14.7 Å².